The molecule has 0 bridgehead atoms. The number of hydrogen-bond donors (Lipinski definition) is 2. The van der Waals surface area contributed by atoms with Gasteiger partial charge in [-0.1, -0.05) is 33.1 Å². The minimum atomic E-state index is 0.441. The van der Waals surface area contributed by atoms with Crippen molar-refractivity contribution in [2.24, 2.45) is 16.3 Å². The largest absolute Gasteiger partial charge is 0.357 e. The molecule has 1 aromatic heterocycles. The lowest BCUT2D eigenvalue weighted by Gasteiger charge is -2.32. The van der Waals surface area contributed by atoms with Crippen molar-refractivity contribution < 1.29 is 0 Å². The van der Waals surface area contributed by atoms with Gasteiger partial charge >= 0.3 is 0 Å². The third-order valence-corrected chi connectivity index (χ3v) is 6.05. The number of rotatable bonds is 7. The molecule has 6 nitrogen and oxygen atoms in total. The summed E-state index contributed by atoms with van der Waals surface area (Å²) in [7, 11) is 0. The fraction of sp³-hybridized carbons (Fsp3) is 0.857. The van der Waals surface area contributed by atoms with E-state index in [1.807, 2.05) is 0 Å². The highest BCUT2D eigenvalue weighted by atomic mass is 15.3. The number of hydrogen-bond acceptors (Lipinski definition) is 3. The summed E-state index contributed by atoms with van der Waals surface area (Å²) in [5, 5.41) is 15.9. The molecule has 1 aromatic rings. The van der Waals surface area contributed by atoms with Crippen molar-refractivity contribution in [1.82, 2.24) is 25.4 Å². The monoisotopic (exact) mass is 374 g/mol. The second kappa shape index (κ2) is 9.56. The highest BCUT2D eigenvalue weighted by Gasteiger charge is 2.34. The number of nitrogens with one attached hydrogen (secondary N) is 2. The fourth-order valence-corrected chi connectivity index (χ4v) is 4.87. The molecule has 0 saturated heterocycles. The van der Waals surface area contributed by atoms with Crippen molar-refractivity contribution in [1.29, 1.82) is 0 Å². The van der Waals surface area contributed by atoms with Gasteiger partial charge in [0.05, 0.1) is 0 Å². The van der Waals surface area contributed by atoms with Crippen LogP contribution >= 0.6 is 0 Å². The minimum Gasteiger partial charge on any atom is -0.357 e. The molecule has 1 saturated carbocycles. The summed E-state index contributed by atoms with van der Waals surface area (Å²) in [5.41, 5.74) is 0.441. The van der Waals surface area contributed by atoms with Crippen molar-refractivity contribution in [2.45, 2.75) is 91.6 Å². The maximum absolute atomic E-state index is 4.84. The molecule has 0 unspecified atom stereocenters. The summed E-state index contributed by atoms with van der Waals surface area (Å²) >= 11 is 0. The number of aryl methyl sites for hydroxylation is 1. The number of aliphatic imine (C=N–C) groups is 1. The first-order valence-corrected chi connectivity index (χ1v) is 11.0. The van der Waals surface area contributed by atoms with Gasteiger partial charge in [-0.05, 0) is 50.4 Å². The zero-order valence-corrected chi connectivity index (χ0v) is 17.6. The lowest BCUT2D eigenvalue weighted by molar-refractivity contribution is 0.234. The van der Waals surface area contributed by atoms with Gasteiger partial charge in [-0.3, -0.25) is 0 Å². The third-order valence-electron chi connectivity index (χ3n) is 6.05. The van der Waals surface area contributed by atoms with Crippen molar-refractivity contribution >= 4 is 5.96 Å². The first-order valence-electron chi connectivity index (χ1n) is 11.0. The molecular formula is C21H38N6. The highest BCUT2D eigenvalue weighted by Crippen LogP contribution is 2.42. The summed E-state index contributed by atoms with van der Waals surface area (Å²) in [5.74, 6) is 3.80. The zero-order chi connectivity index (χ0) is 19.1. The molecule has 0 spiro atoms. The van der Waals surface area contributed by atoms with E-state index in [0.717, 1.165) is 49.6 Å². The molecule has 0 atom stereocenters. The first-order chi connectivity index (χ1) is 13.1. The van der Waals surface area contributed by atoms with Gasteiger partial charge in [0, 0.05) is 26.1 Å². The first kappa shape index (κ1) is 20.2. The molecule has 2 aliphatic rings. The molecule has 3 rings (SSSR count). The van der Waals surface area contributed by atoms with Gasteiger partial charge in [0.25, 0.3) is 0 Å². The molecule has 1 fully saturated rings. The van der Waals surface area contributed by atoms with Gasteiger partial charge < -0.3 is 15.2 Å². The van der Waals surface area contributed by atoms with E-state index in [4.69, 9.17) is 4.99 Å². The number of guanidine groups is 1. The Hall–Kier alpha value is -1.59. The topological polar surface area (TPSA) is 67.1 Å². The van der Waals surface area contributed by atoms with Gasteiger partial charge in [0.1, 0.15) is 12.4 Å². The lowest BCUT2D eigenvalue weighted by Crippen LogP contribution is -2.43. The molecule has 2 N–H and O–H groups in total. The summed E-state index contributed by atoms with van der Waals surface area (Å²) in [4.78, 5) is 4.84. The van der Waals surface area contributed by atoms with Crippen LogP contribution in [-0.4, -0.2) is 33.8 Å². The minimum absolute atomic E-state index is 0.441. The maximum atomic E-state index is 4.84. The van der Waals surface area contributed by atoms with E-state index in [9.17, 15) is 0 Å². The van der Waals surface area contributed by atoms with Crippen LogP contribution in [0.3, 0.4) is 0 Å². The van der Waals surface area contributed by atoms with Gasteiger partial charge in [0.2, 0.25) is 0 Å². The third kappa shape index (κ3) is 5.45. The number of fused-ring (bicyclic) bond motifs is 1. The molecule has 2 heterocycles. The van der Waals surface area contributed by atoms with Crippen LogP contribution in [0.4, 0.5) is 0 Å². The van der Waals surface area contributed by atoms with E-state index in [-0.39, 0.29) is 0 Å². The van der Waals surface area contributed by atoms with Crippen LogP contribution in [-0.2, 0) is 19.5 Å². The van der Waals surface area contributed by atoms with Crippen LogP contribution in [0.5, 0.6) is 0 Å². The second-order valence-electron chi connectivity index (χ2n) is 8.85. The van der Waals surface area contributed by atoms with E-state index in [1.165, 1.54) is 51.4 Å². The smallest absolute Gasteiger partial charge is 0.191 e. The molecule has 1 aliphatic carbocycles. The predicted octanol–water partition coefficient (Wildman–Crippen LogP) is 3.67. The SMILES string of the molecule is CCNC(=NCc1nnc2n1CCCCC2)NCC1(CC(C)C)CCCC1. The van der Waals surface area contributed by atoms with Crippen LogP contribution in [0.25, 0.3) is 0 Å². The van der Waals surface area contributed by atoms with Crippen LogP contribution in [0, 0.1) is 11.3 Å². The average molecular weight is 375 g/mol. The molecule has 27 heavy (non-hydrogen) atoms. The van der Waals surface area contributed by atoms with E-state index < -0.39 is 0 Å². The quantitative estimate of drug-likeness (QED) is 0.564. The fourth-order valence-electron chi connectivity index (χ4n) is 4.87. The second-order valence-corrected chi connectivity index (χ2v) is 8.85. The van der Waals surface area contributed by atoms with E-state index in [2.05, 4.69) is 46.2 Å². The molecule has 152 valence electrons. The Morgan fingerprint density at radius 2 is 1.93 bits per heavy atom. The Morgan fingerprint density at radius 3 is 2.67 bits per heavy atom. The highest BCUT2D eigenvalue weighted by molar-refractivity contribution is 5.79. The van der Waals surface area contributed by atoms with Gasteiger partial charge in [-0.25, -0.2) is 4.99 Å². The van der Waals surface area contributed by atoms with E-state index in [1.54, 1.807) is 0 Å². The molecule has 0 amide bonds. The van der Waals surface area contributed by atoms with Crippen LogP contribution in [0.1, 0.15) is 83.8 Å². The molecule has 0 radical (unpaired) electrons. The summed E-state index contributed by atoms with van der Waals surface area (Å²) in [6.07, 6.45) is 11.5. The predicted molar refractivity (Wildman–Crippen MR) is 111 cm³/mol. The Balaban J connectivity index is 1.64. The molecule has 1 aliphatic heterocycles. The Labute approximate surface area is 164 Å². The number of nitrogens with zero attached hydrogens (tertiary/aromatic N) is 4. The van der Waals surface area contributed by atoms with Gasteiger partial charge in [-0.2, -0.15) is 0 Å². The maximum Gasteiger partial charge on any atom is 0.191 e. The van der Waals surface area contributed by atoms with Crippen molar-refractivity contribution in [3.05, 3.63) is 11.6 Å². The lowest BCUT2D eigenvalue weighted by atomic mass is 9.78. The van der Waals surface area contributed by atoms with Gasteiger partial charge in [0.15, 0.2) is 11.8 Å². The summed E-state index contributed by atoms with van der Waals surface area (Å²) in [6.45, 7) is 10.3. The van der Waals surface area contributed by atoms with E-state index in [0.29, 0.717) is 12.0 Å². The molecular weight excluding hydrogens is 336 g/mol. The number of aromatic nitrogens is 3. The van der Waals surface area contributed by atoms with Crippen molar-refractivity contribution in [3.63, 3.8) is 0 Å². The van der Waals surface area contributed by atoms with E-state index >= 15 is 0 Å². The Kier molecular flexibility index (Phi) is 7.13. The Bertz CT molecular complexity index is 612. The normalized spacial score (nSPS) is 19.8. The van der Waals surface area contributed by atoms with Crippen LogP contribution in [0.15, 0.2) is 4.99 Å². The average Bonchev–Trinajstić information content (AvgIpc) is 3.17. The molecule has 6 heteroatoms. The van der Waals surface area contributed by atoms with Crippen molar-refractivity contribution in [2.75, 3.05) is 13.1 Å². The van der Waals surface area contributed by atoms with Crippen LogP contribution in [0.2, 0.25) is 0 Å². The summed E-state index contributed by atoms with van der Waals surface area (Å²) < 4.78 is 2.29. The Morgan fingerprint density at radius 1 is 1.11 bits per heavy atom. The summed E-state index contributed by atoms with van der Waals surface area (Å²) in [6, 6.07) is 0. The van der Waals surface area contributed by atoms with Gasteiger partial charge in [-0.15, -0.1) is 10.2 Å². The molecule has 0 aromatic carbocycles. The van der Waals surface area contributed by atoms with Crippen molar-refractivity contribution in [3.8, 4) is 0 Å². The zero-order valence-electron chi connectivity index (χ0n) is 17.6. The van der Waals surface area contributed by atoms with Crippen LogP contribution < -0.4 is 10.6 Å². The standard InChI is InChI=1S/C21H38N6/c1-4-22-20(24-16-21(14-17(2)3)11-7-8-12-21)23-15-19-26-25-18-10-6-5-9-13-27(18)19/h17H,4-16H2,1-3H3,(H2,22,23,24).